The lowest BCUT2D eigenvalue weighted by Gasteiger charge is -2.12. The number of benzene rings is 2. The van der Waals surface area contributed by atoms with Gasteiger partial charge in [0.2, 0.25) is 5.16 Å². The Balaban J connectivity index is 1.53. The van der Waals surface area contributed by atoms with E-state index in [4.69, 9.17) is 4.74 Å². The monoisotopic (exact) mass is 316 g/mol. The van der Waals surface area contributed by atoms with Crippen molar-refractivity contribution in [3.63, 3.8) is 0 Å². The van der Waals surface area contributed by atoms with E-state index in [0.717, 1.165) is 11.1 Å². The van der Waals surface area contributed by atoms with Crippen LogP contribution in [0.5, 0.6) is 5.75 Å². The Labute approximate surface area is 132 Å². The first kappa shape index (κ1) is 14.8. The van der Waals surface area contributed by atoms with Crippen LogP contribution in [0.25, 0.3) is 10.8 Å². The minimum atomic E-state index is -0.590. The Morgan fingerprint density at radius 3 is 2.82 bits per heavy atom. The number of fused-ring (bicyclic) bond motifs is 1. The van der Waals surface area contributed by atoms with E-state index < -0.39 is 6.10 Å². The second-order valence-electron chi connectivity index (χ2n) is 4.87. The fourth-order valence-electron chi connectivity index (χ4n) is 2.01. The molecule has 0 saturated carbocycles. The summed E-state index contributed by atoms with van der Waals surface area (Å²) >= 11 is 1.40. The third-order valence-corrected chi connectivity index (χ3v) is 4.30. The first-order valence-corrected chi connectivity index (χ1v) is 7.86. The molecule has 0 amide bonds. The Kier molecular flexibility index (Phi) is 4.55. The van der Waals surface area contributed by atoms with E-state index in [-0.39, 0.29) is 6.61 Å². The molecular formula is C15H16N4O2S. The van der Waals surface area contributed by atoms with Gasteiger partial charge in [-0.1, -0.05) is 42.1 Å². The lowest BCUT2D eigenvalue weighted by Crippen LogP contribution is -2.20. The number of ether oxygens (including phenoxy) is 1. The Morgan fingerprint density at radius 2 is 2.05 bits per heavy atom. The fraction of sp³-hybridized carbons (Fsp3) is 0.267. The van der Waals surface area contributed by atoms with Crippen LogP contribution in [-0.4, -0.2) is 43.8 Å². The van der Waals surface area contributed by atoms with E-state index in [1.54, 1.807) is 11.7 Å². The first-order chi connectivity index (χ1) is 10.7. The molecule has 0 aliphatic rings. The van der Waals surface area contributed by atoms with Crippen molar-refractivity contribution in [1.29, 1.82) is 0 Å². The van der Waals surface area contributed by atoms with Crippen molar-refractivity contribution >= 4 is 22.5 Å². The zero-order chi connectivity index (χ0) is 15.4. The second-order valence-corrected chi connectivity index (χ2v) is 5.86. The van der Waals surface area contributed by atoms with Crippen LogP contribution < -0.4 is 4.74 Å². The first-order valence-electron chi connectivity index (χ1n) is 6.87. The Bertz CT molecular complexity index is 762. The van der Waals surface area contributed by atoms with Gasteiger partial charge in [0.15, 0.2) is 0 Å². The van der Waals surface area contributed by atoms with Gasteiger partial charge < -0.3 is 9.84 Å². The zero-order valence-electron chi connectivity index (χ0n) is 12.1. The van der Waals surface area contributed by atoms with Crippen LogP contribution in [0, 0.1) is 0 Å². The van der Waals surface area contributed by atoms with Gasteiger partial charge in [0.25, 0.3) is 0 Å². The van der Waals surface area contributed by atoms with Crippen LogP contribution in [0.2, 0.25) is 0 Å². The molecule has 0 fully saturated rings. The number of hydrogen-bond acceptors (Lipinski definition) is 6. The standard InChI is InChI=1S/C15H16N4O2S/c1-19-15(16-17-18-19)22-10-13(20)9-21-14-7-6-11-4-2-3-5-12(11)8-14/h2-8,13,20H,9-10H2,1H3/t13-/m1/s1. The molecule has 1 N–H and O–H groups in total. The molecule has 0 radical (unpaired) electrons. The minimum absolute atomic E-state index is 0.233. The third kappa shape index (κ3) is 3.55. The number of aliphatic hydroxyl groups is 1. The molecule has 0 aliphatic carbocycles. The summed E-state index contributed by atoms with van der Waals surface area (Å²) in [5.41, 5.74) is 0. The number of aryl methyl sites for hydroxylation is 1. The van der Waals surface area contributed by atoms with Gasteiger partial charge in [0, 0.05) is 12.8 Å². The fourth-order valence-corrected chi connectivity index (χ4v) is 2.77. The molecule has 114 valence electrons. The molecule has 0 saturated heterocycles. The van der Waals surface area contributed by atoms with E-state index in [2.05, 4.69) is 21.6 Å². The molecule has 1 heterocycles. The van der Waals surface area contributed by atoms with Crippen LogP contribution in [0.15, 0.2) is 47.6 Å². The molecule has 3 aromatic rings. The van der Waals surface area contributed by atoms with E-state index in [1.807, 2.05) is 36.4 Å². The predicted molar refractivity (Wildman–Crippen MR) is 85.0 cm³/mol. The molecule has 0 spiro atoms. The highest BCUT2D eigenvalue weighted by atomic mass is 32.2. The highest BCUT2D eigenvalue weighted by molar-refractivity contribution is 7.99. The van der Waals surface area contributed by atoms with Crippen molar-refractivity contribution in [1.82, 2.24) is 20.2 Å². The zero-order valence-corrected chi connectivity index (χ0v) is 12.9. The van der Waals surface area contributed by atoms with Crippen LogP contribution >= 0.6 is 11.8 Å². The van der Waals surface area contributed by atoms with E-state index in [1.165, 1.54) is 17.1 Å². The number of aliphatic hydroxyl groups excluding tert-OH is 1. The Hall–Kier alpha value is -2.12. The lowest BCUT2D eigenvalue weighted by molar-refractivity contribution is 0.126. The van der Waals surface area contributed by atoms with Gasteiger partial charge >= 0.3 is 0 Å². The summed E-state index contributed by atoms with van der Waals surface area (Å²) in [7, 11) is 1.76. The van der Waals surface area contributed by atoms with E-state index in [9.17, 15) is 5.11 Å². The SMILES string of the molecule is Cn1nnnc1SC[C@H](O)COc1ccc2ccccc2c1. The maximum Gasteiger partial charge on any atom is 0.209 e. The molecule has 0 aliphatic heterocycles. The highest BCUT2D eigenvalue weighted by Crippen LogP contribution is 2.21. The summed E-state index contributed by atoms with van der Waals surface area (Å²) in [4.78, 5) is 0. The molecule has 0 unspecified atom stereocenters. The average molecular weight is 316 g/mol. The van der Waals surface area contributed by atoms with Crippen molar-refractivity contribution in [3.8, 4) is 5.75 Å². The number of thioether (sulfide) groups is 1. The smallest absolute Gasteiger partial charge is 0.209 e. The minimum Gasteiger partial charge on any atom is -0.491 e. The van der Waals surface area contributed by atoms with Crippen molar-refractivity contribution < 1.29 is 9.84 Å². The topological polar surface area (TPSA) is 73.1 Å². The number of aromatic nitrogens is 4. The maximum atomic E-state index is 9.99. The predicted octanol–water partition coefficient (Wildman–Crippen LogP) is 1.90. The summed E-state index contributed by atoms with van der Waals surface area (Å²) in [5.74, 6) is 1.23. The summed E-state index contributed by atoms with van der Waals surface area (Å²) in [5, 5.41) is 24.1. The summed E-state index contributed by atoms with van der Waals surface area (Å²) < 4.78 is 7.23. The van der Waals surface area contributed by atoms with Crippen LogP contribution in [0.1, 0.15) is 0 Å². The van der Waals surface area contributed by atoms with Gasteiger partial charge in [-0.2, -0.15) is 0 Å². The highest BCUT2D eigenvalue weighted by Gasteiger charge is 2.10. The number of nitrogens with zero attached hydrogens (tertiary/aromatic N) is 4. The lowest BCUT2D eigenvalue weighted by atomic mass is 10.1. The van der Waals surface area contributed by atoms with E-state index >= 15 is 0 Å². The molecular weight excluding hydrogens is 300 g/mol. The van der Waals surface area contributed by atoms with Crippen molar-refractivity contribution in [2.45, 2.75) is 11.3 Å². The number of rotatable bonds is 6. The van der Waals surface area contributed by atoms with Gasteiger partial charge in [0.05, 0.1) is 6.10 Å². The third-order valence-electron chi connectivity index (χ3n) is 3.15. The van der Waals surface area contributed by atoms with Gasteiger partial charge in [-0.25, -0.2) is 4.68 Å². The van der Waals surface area contributed by atoms with Gasteiger partial charge in [0.1, 0.15) is 12.4 Å². The Morgan fingerprint density at radius 1 is 1.23 bits per heavy atom. The molecule has 1 atom stereocenters. The van der Waals surface area contributed by atoms with Gasteiger partial charge in [-0.05, 0) is 33.3 Å². The average Bonchev–Trinajstić information content (AvgIpc) is 2.96. The van der Waals surface area contributed by atoms with Gasteiger partial charge in [-0.3, -0.25) is 0 Å². The number of tetrazole rings is 1. The normalized spacial score (nSPS) is 12.5. The van der Waals surface area contributed by atoms with Gasteiger partial charge in [-0.15, -0.1) is 5.10 Å². The van der Waals surface area contributed by atoms with Crippen LogP contribution in [0.4, 0.5) is 0 Å². The summed E-state index contributed by atoms with van der Waals surface area (Å²) in [6.07, 6.45) is -0.590. The second kappa shape index (κ2) is 6.76. The molecule has 3 rings (SSSR count). The molecule has 1 aromatic heterocycles. The summed E-state index contributed by atoms with van der Waals surface area (Å²) in [6.45, 7) is 0.233. The molecule has 7 heteroatoms. The summed E-state index contributed by atoms with van der Waals surface area (Å²) in [6, 6.07) is 14.0. The van der Waals surface area contributed by atoms with Crippen molar-refractivity contribution in [2.75, 3.05) is 12.4 Å². The number of hydrogen-bond donors (Lipinski definition) is 1. The largest absolute Gasteiger partial charge is 0.491 e. The maximum absolute atomic E-state index is 9.99. The molecule has 0 bridgehead atoms. The molecule has 2 aromatic carbocycles. The molecule has 22 heavy (non-hydrogen) atoms. The molecule has 6 nitrogen and oxygen atoms in total. The van der Waals surface area contributed by atoms with Crippen LogP contribution in [-0.2, 0) is 7.05 Å². The van der Waals surface area contributed by atoms with E-state index in [0.29, 0.717) is 10.9 Å². The van der Waals surface area contributed by atoms with Crippen molar-refractivity contribution in [2.24, 2.45) is 7.05 Å². The quantitative estimate of drug-likeness (QED) is 0.700. The van der Waals surface area contributed by atoms with Crippen LogP contribution in [0.3, 0.4) is 0 Å². The van der Waals surface area contributed by atoms with Crippen molar-refractivity contribution in [3.05, 3.63) is 42.5 Å².